The number of morpholine rings is 2. The number of benzene rings is 4. The number of hydrogen-bond donors (Lipinski definition) is 0. The van der Waals surface area contributed by atoms with Gasteiger partial charge < -0.3 is 19.3 Å². The van der Waals surface area contributed by atoms with E-state index in [2.05, 4.69) is 121 Å². The molecule has 0 bridgehead atoms. The van der Waals surface area contributed by atoms with Gasteiger partial charge in [-0.3, -0.25) is 0 Å². The second-order valence-electron chi connectivity index (χ2n) is 14.6. The van der Waals surface area contributed by atoms with Crippen LogP contribution in [0.5, 0.6) is 0 Å². The standard InChI is InChI=1S/C45H48N2O2/c1-3-44(4-2)41-12-8-7-11-39(41)42-37-10-6-5-9-36(37)40-31-45(22-21-38(40)43(42)44,32-13-17-34(18-14-32)46-23-27-48-28-24-46)33-15-19-35(20-16-33)47-25-29-49-30-26-47/h5-15,17-19,21-22H,3-4,16,20,23-31H2,1-2H3. The normalized spacial score (nSPS) is 22.7. The van der Waals surface area contributed by atoms with Gasteiger partial charge in [-0.15, -0.1) is 0 Å². The highest BCUT2D eigenvalue weighted by Crippen LogP contribution is 2.59. The minimum absolute atomic E-state index is 0.0179. The molecule has 2 heterocycles. The molecule has 250 valence electrons. The van der Waals surface area contributed by atoms with E-state index in [1.54, 1.807) is 5.56 Å². The van der Waals surface area contributed by atoms with Gasteiger partial charge in [0.05, 0.1) is 26.4 Å². The highest BCUT2D eigenvalue weighted by atomic mass is 16.5. The van der Waals surface area contributed by atoms with E-state index in [-0.39, 0.29) is 10.8 Å². The fraction of sp³-hybridized carbons (Fsp3) is 0.378. The molecule has 2 fully saturated rings. The van der Waals surface area contributed by atoms with E-state index >= 15 is 0 Å². The number of ether oxygens (including phenoxy) is 2. The Kier molecular flexibility index (Phi) is 7.78. The van der Waals surface area contributed by atoms with Gasteiger partial charge in [0, 0.05) is 48.4 Å². The summed E-state index contributed by atoms with van der Waals surface area (Å²) in [5.41, 5.74) is 14.4. The van der Waals surface area contributed by atoms with E-state index < -0.39 is 0 Å². The van der Waals surface area contributed by atoms with Gasteiger partial charge in [-0.2, -0.15) is 0 Å². The van der Waals surface area contributed by atoms with Gasteiger partial charge in [-0.1, -0.05) is 98.3 Å². The van der Waals surface area contributed by atoms with Crippen molar-refractivity contribution >= 4 is 22.5 Å². The van der Waals surface area contributed by atoms with Crippen LogP contribution in [0.2, 0.25) is 0 Å². The largest absolute Gasteiger partial charge is 0.378 e. The van der Waals surface area contributed by atoms with Gasteiger partial charge in [0.1, 0.15) is 0 Å². The van der Waals surface area contributed by atoms with Crippen LogP contribution in [0.25, 0.3) is 28.0 Å². The lowest BCUT2D eigenvalue weighted by Crippen LogP contribution is -2.37. The quantitative estimate of drug-likeness (QED) is 0.208. The van der Waals surface area contributed by atoms with Gasteiger partial charge in [0.2, 0.25) is 0 Å². The third-order valence-corrected chi connectivity index (χ3v) is 12.6. The lowest BCUT2D eigenvalue weighted by molar-refractivity contribution is 0.0519. The maximum Gasteiger partial charge on any atom is 0.0642 e. The Morgan fingerprint density at radius 1 is 0.694 bits per heavy atom. The third kappa shape index (κ3) is 4.78. The minimum atomic E-state index is -0.215. The van der Waals surface area contributed by atoms with Gasteiger partial charge in [0.15, 0.2) is 0 Å². The molecule has 0 spiro atoms. The van der Waals surface area contributed by atoms with E-state index in [4.69, 9.17) is 9.47 Å². The first-order chi connectivity index (χ1) is 24.2. The molecule has 4 heteroatoms. The molecular formula is C45H48N2O2. The molecule has 1 unspecified atom stereocenters. The molecule has 4 nitrogen and oxygen atoms in total. The molecule has 9 rings (SSSR count). The topological polar surface area (TPSA) is 24.9 Å². The Bertz CT molecular complexity index is 1990. The van der Waals surface area contributed by atoms with Crippen molar-refractivity contribution in [3.05, 3.63) is 130 Å². The van der Waals surface area contributed by atoms with Crippen molar-refractivity contribution in [2.24, 2.45) is 0 Å². The van der Waals surface area contributed by atoms with Gasteiger partial charge >= 0.3 is 0 Å². The number of nitrogens with zero attached hydrogens (tertiary/aromatic N) is 2. The zero-order chi connectivity index (χ0) is 33.0. The number of rotatable bonds is 6. The maximum atomic E-state index is 5.68. The van der Waals surface area contributed by atoms with Crippen LogP contribution in [-0.4, -0.2) is 57.5 Å². The summed E-state index contributed by atoms with van der Waals surface area (Å²) >= 11 is 0. The van der Waals surface area contributed by atoms with E-state index in [9.17, 15) is 0 Å². The lowest BCUT2D eigenvalue weighted by Gasteiger charge is -2.42. The molecule has 4 aromatic rings. The molecule has 2 aliphatic heterocycles. The predicted molar refractivity (Wildman–Crippen MR) is 202 cm³/mol. The predicted octanol–water partition coefficient (Wildman–Crippen LogP) is 9.21. The highest BCUT2D eigenvalue weighted by molar-refractivity contribution is 6.07. The number of fused-ring (bicyclic) bond motifs is 8. The van der Waals surface area contributed by atoms with Crippen molar-refractivity contribution in [3.8, 4) is 11.1 Å². The van der Waals surface area contributed by atoms with Crippen LogP contribution in [0.4, 0.5) is 5.69 Å². The Hall–Kier alpha value is -4.12. The summed E-state index contributed by atoms with van der Waals surface area (Å²) in [5, 5.41) is 2.82. The molecule has 0 radical (unpaired) electrons. The molecule has 4 aromatic carbocycles. The average molecular weight is 649 g/mol. The van der Waals surface area contributed by atoms with Crippen LogP contribution in [-0.2, 0) is 26.7 Å². The van der Waals surface area contributed by atoms with Gasteiger partial charge in [-0.25, -0.2) is 0 Å². The molecule has 5 aliphatic rings. The van der Waals surface area contributed by atoms with Crippen molar-refractivity contribution in [3.63, 3.8) is 0 Å². The molecule has 0 amide bonds. The number of allylic oxidation sites excluding steroid dienone is 5. The van der Waals surface area contributed by atoms with E-state index in [0.29, 0.717) is 0 Å². The monoisotopic (exact) mass is 648 g/mol. The summed E-state index contributed by atoms with van der Waals surface area (Å²) in [6.07, 6.45) is 15.4. The molecule has 1 atom stereocenters. The first-order valence-electron chi connectivity index (χ1n) is 18.7. The first kappa shape index (κ1) is 30.9. The molecule has 49 heavy (non-hydrogen) atoms. The summed E-state index contributed by atoms with van der Waals surface area (Å²) in [7, 11) is 0. The molecule has 0 N–H and O–H groups in total. The van der Waals surface area contributed by atoms with Crippen LogP contribution in [0.15, 0.2) is 102 Å². The smallest absolute Gasteiger partial charge is 0.0642 e. The SMILES string of the molecule is CCC1(CC)c2ccccc2-c2c1c1c(c3ccccc23)CC(C2=CC=C(N3CCOCC3)CC2)(c2ccc(N3CCOCC3)cc2)C=C1. The summed E-state index contributed by atoms with van der Waals surface area (Å²) in [6, 6.07) is 28.1. The van der Waals surface area contributed by atoms with Crippen LogP contribution in [0.1, 0.15) is 67.3 Å². The molecule has 0 saturated carbocycles. The van der Waals surface area contributed by atoms with Crippen molar-refractivity contribution < 1.29 is 9.47 Å². The second-order valence-corrected chi connectivity index (χ2v) is 14.6. The van der Waals surface area contributed by atoms with Crippen molar-refractivity contribution in [2.45, 2.75) is 56.8 Å². The Labute approximate surface area is 291 Å². The zero-order valence-electron chi connectivity index (χ0n) is 29.1. The third-order valence-electron chi connectivity index (χ3n) is 12.6. The van der Waals surface area contributed by atoms with E-state index in [1.807, 2.05) is 0 Å². The Balaban J connectivity index is 1.23. The lowest BCUT2D eigenvalue weighted by atomic mass is 9.62. The van der Waals surface area contributed by atoms with E-state index in [0.717, 1.165) is 84.7 Å². The minimum Gasteiger partial charge on any atom is -0.378 e. The Morgan fingerprint density at radius 3 is 2.06 bits per heavy atom. The van der Waals surface area contributed by atoms with Crippen molar-refractivity contribution in [1.82, 2.24) is 4.90 Å². The fourth-order valence-corrected chi connectivity index (χ4v) is 9.99. The highest BCUT2D eigenvalue weighted by Gasteiger charge is 2.46. The summed E-state index contributed by atoms with van der Waals surface area (Å²) in [6.45, 7) is 11.9. The van der Waals surface area contributed by atoms with Crippen molar-refractivity contribution in [1.29, 1.82) is 0 Å². The summed E-state index contributed by atoms with van der Waals surface area (Å²) < 4.78 is 11.3. The first-order valence-corrected chi connectivity index (χ1v) is 18.7. The number of hydrogen-bond acceptors (Lipinski definition) is 4. The molecule has 2 saturated heterocycles. The molecular weight excluding hydrogens is 601 g/mol. The summed E-state index contributed by atoms with van der Waals surface area (Å²) in [5.74, 6) is 0. The van der Waals surface area contributed by atoms with Gasteiger partial charge in [-0.05, 0) is 100 Å². The average Bonchev–Trinajstić information content (AvgIpc) is 3.49. The number of anilines is 1. The molecule has 3 aliphatic carbocycles. The fourth-order valence-electron chi connectivity index (χ4n) is 9.99. The van der Waals surface area contributed by atoms with Crippen LogP contribution >= 0.6 is 0 Å². The maximum absolute atomic E-state index is 5.68. The van der Waals surface area contributed by atoms with Crippen LogP contribution in [0, 0.1) is 0 Å². The summed E-state index contributed by atoms with van der Waals surface area (Å²) in [4.78, 5) is 5.00. The van der Waals surface area contributed by atoms with Crippen molar-refractivity contribution in [2.75, 3.05) is 57.5 Å². The van der Waals surface area contributed by atoms with E-state index in [1.165, 1.54) is 61.1 Å². The zero-order valence-corrected chi connectivity index (χ0v) is 29.1. The van der Waals surface area contributed by atoms with Crippen LogP contribution < -0.4 is 4.90 Å². The van der Waals surface area contributed by atoms with Crippen LogP contribution in [0.3, 0.4) is 0 Å². The second kappa shape index (κ2) is 12.3. The molecule has 0 aromatic heterocycles. The Morgan fingerprint density at radius 2 is 1.37 bits per heavy atom. The van der Waals surface area contributed by atoms with Gasteiger partial charge in [0.25, 0.3) is 0 Å².